The Balaban J connectivity index is 0.00000245. The SMILES string of the molecule is Cl.Clc1ccc(CNc2cc(N3CC[C@@H](Oc4ccccn4)C3)c3ccccc3n2)cc1. The van der Waals surface area contributed by atoms with Crippen molar-refractivity contribution in [3.05, 3.63) is 89.6 Å². The van der Waals surface area contributed by atoms with E-state index >= 15 is 0 Å². The number of benzene rings is 2. The third kappa shape index (κ3) is 5.06. The number of anilines is 2. The number of rotatable bonds is 6. The fraction of sp³-hybridized carbons (Fsp3) is 0.200. The predicted octanol–water partition coefficient (Wildman–Crippen LogP) is 5.97. The lowest BCUT2D eigenvalue weighted by atomic mass is 10.1. The maximum absolute atomic E-state index is 6.09. The summed E-state index contributed by atoms with van der Waals surface area (Å²) < 4.78 is 6.09. The lowest BCUT2D eigenvalue weighted by Crippen LogP contribution is -2.25. The molecule has 1 aliphatic rings. The number of hydrogen-bond acceptors (Lipinski definition) is 5. The first-order valence-corrected chi connectivity index (χ1v) is 10.8. The van der Waals surface area contributed by atoms with Crippen molar-refractivity contribution >= 4 is 46.4 Å². The van der Waals surface area contributed by atoms with Crippen LogP contribution in [0.25, 0.3) is 10.9 Å². The number of nitrogens with zero attached hydrogens (tertiary/aromatic N) is 3. The van der Waals surface area contributed by atoms with Crippen LogP contribution in [0.3, 0.4) is 0 Å². The minimum atomic E-state index is 0. The molecule has 5 rings (SSSR count). The van der Waals surface area contributed by atoms with E-state index in [4.69, 9.17) is 21.3 Å². The number of fused-ring (bicyclic) bond motifs is 1. The number of nitrogens with one attached hydrogen (secondary N) is 1. The molecule has 164 valence electrons. The maximum atomic E-state index is 6.09. The molecule has 2 aromatic heterocycles. The highest BCUT2D eigenvalue weighted by Gasteiger charge is 2.26. The Labute approximate surface area is 198 Å². The van der Waals surface area contributed by atoms with Gasteiger partial charge in [0.1, 0.15) is 11.9 Å². The lowest BCUT2D eigenvalue weighted by molar-refractivity contribution is 0.216. The molecule has 32 heavy (non-hydrogen) atoms. The molecule has 0 bridgehead atoms. The lowest BCUT2D eigenvalue weighted by Gasteiger charge is -2.22. The topological polar surface area (TPSA) is 50.3 Å². The summed E-state index contributed by atoms with van der Waals surface area (Å²) in [6, 6.07) is 24.0. The van der Waals surface area contributed by atoms with Gasteiger partial charge in [0.2, 0.25) is 5.88 Å². The Bertz CT molecular complexity index is 1170. The van der Waals surface area contributed by atoms with Crippen molar-refractivity contribution in [1.29, 1.82) is 0 Å². The first-order chi connectivity index (χ1) is 15.2. The molecule has 0 aliphatic carbocycles. The largest absolute Gasteiger partial charge is 0.472 e. The van der Waals surface area contributed by atoms with Crippen LogP contribution in [0.15, 0.2) is 79.0 Å². The summed E-state index contributed by atoms with van der Waals surface area (Å²) in [5.41, 5.74) is 3.31. The third-order valence-electron chi connectivity index (χ3n) is 5.49. The van der Waals surface area contributed by atoms with Crippen molar-refractivity contribution in [3.63, 3.8) is 0 Å². The van der Waals surface area contributed by atoms with Crippen LogP contribution in [0.2, 0.25) is 5.02 Å². The number of ether oxygens (including phenoxy) is 1. The predicted molar refractivity (Wildman–Crippen MR) is 133 cm³/mol. The van der Waals surface area contributed by atoms with Gasteiger partial charge in [0, 0.05) is 53.9 Å². The minimum absolute atomic E-state index is 0. The molecule has 0 spiro atoms. The molecule has 0 saturated carbocycles. The summed E-state index contributed by atoms with van der Waals surface area (Å²) in [6.07, 6.45) is 2.84. The zero-order chi connectivity index (χ0) is 21.0. The second kappa shape index (κ2) is 10.1. The van der Waals surface area contributed by atoms with Crippen LogP contribution in [0.1, 0.15) is 12.0 Å². The number of hydrogen-bond donors (Lipinski definition) is 1. The van der Waals surface area contributed by atoms with Crippen LogP contribution in [-0.4, -0.2) is 29.2 Å². The molecule has 2 aromatic carbocycles. The summed E-state index contributed by atoms with van der Waals surface area (Å²) in [4.78, 5) is 11.5. The van der Waals surface area contributed by atoms with Gasteiger partial charge < -0.3 is 15.0 Å². The Morgan fingerprint density at radius 1 is 1.03 bits per heavy atom. The molecule has 7 heteroatoms. The summed E-state index contributed by atoms with van der Waals surface area (Å²) in [6.45, 7) is 2.44. The van der Waals surface area contributed by atoms with Crippen molar-refractivity contribution in [2.45, 2.75) is 19.1 Å². The van der Waals surface area contributed by atoms with Gasteiger partial charge in [-0.15, -0.1) is 12.4 Å². The average Bonchev–Trinajstić information content (AvgIpc) is 3.27. The van der Waals surface area contributed by atoms with E-state index in [-0.39, 0.29) is 18.5 Å². The molecule has 1 aliphatic heterocycles. The molecular weight excluding hydrogens is 443 g/mol. The zero-order valence-corrected chi connectivity index (χ0v) is 19.0. The fourth-order valence-electron chi connectivity index (χ4n) is 3.93. The standard InChI is InChI=1S/C25H23ClN4O.ClH/c26-19-10-8-18(9-11-19)16-28-24-15-23(21-5-1-2-6-22(21)29-24)30-14-12-20(17-30)31-25-7-3-4-13-27-25;/h1-11,13,15,20H,12,14,16-17H2,(H,28,29);1H/t20-;/m1./s1. The normalized spacial score (nSPS) is 15.4. The molecule has 0 unspecified atom stereocenters. The highest BCUT2D eigenvalue weighted by atomic mass is 35.5. The molecule has 5 nitrogen and oxygen atoms in total. The molecule has 1 atom stereocenters. The number of halogens is 2. The van der Waals surface area contributed by atoms with Gasteiger partial charge in [0.15, 0.2) is 0 Å². The van der Waals surface area contributed by atoms with E-state index in [9.17, 15) is 0 Å². The maximum Gasteiger partial charge on any atom is 0.213 e. The third-order valence-corrected chi connectivity index (χ3v) is 5.74. The van der Waals surface area contributed by atoms with Crippen molar-refractivity contribution in [1.82, 2.24) is 9.97 Å². The average molecular weight is 467 g/mol. The van der Waals surface area contributed by atoms with Crippen LogP contribution < -0.4 is 15.0 Å². The summed E-state index contributed by atoms with van der Waals surface area (Å²) in [5.74, 6) is 1.54. The van der Waals surface area contributed by atoms with Crippen LogP contribution in [0, 0.1) is 0 Å². The van der Waals surface area contributed by atoms with Crippen molar-refractivity contribution in [3.8, 4) is 5.88 Å². The molecule has 3 heterocycles. The minimum Gasteiger partial charge on any atom is -0.472 e. The van der Waals surface area contributed by atoms with Crippen molar-refractivity contribution < 1.29 is 4.74 Å². The molecule has 4 aromatic rings. The Hall–Kier alpha value is -3.02. The van der Waals surface area contributed by atoms with Gasteiger partial charge in [0.25, 0.3) is 0 Å². The van der Waals surface area contributed by atoms with E-state index in [1.54, 1.807) is 6.20 Å². The van der Waals surface area contributed by atoms with E-state index in [0.717, 1.165) is 46.8 Å². The van der Waals surface area contributed by atoms with Crippen LogP contribution >= 0.6 is 24.0 Å². The Morgan fingerprint density at radius 3 is 2.66 bits per heavy atom. The van der Waals surface area contributed by atoms with Crippen LogP contribution in [-0.2, 0) is 6.54 Å². The van der Waals surface area contributed by atoms with E-state index in [0.29, 0.717) is 12.4 Å². The van der Waals surface area contributed by atoms with Gasteiger partial charge in [-0.2, -0.15) is 0 Å². The van der Waals surface area contributed by atoms with Crippen molar-refractivity contribution in [2.75, 3.05) is 23.3 Å². The van der Waals surface area contributed by atoms with Gasteiger partial charge in [-0.1, -0.05) is 48.0 Å². The van der Waals surface area contributed by atoms with E-state index in [2.05, 4.69) is 39.5 Å². The molecule has 1 N–H and O–H groups in total. The molecule has 0 amide bonds. The first kappa shape index (κ1) is 22.2. The highest BCUT2D eigenvalue weighted by molar-refractivity contribution is 6.30. The molecule has 0 radical (unpaired) electrons. The molecule has 1 fully saturated rings. The van der Waals surface area contributed by atoms with E-state index in [1.807, 2.05) is 48.5 Å². The quantitative estimate of drug-likeness (QED) is 0.378. The number of aromatic nitrogens is 2. The summed E-state index contributed by atoms with van der Waals surface area (Å²) in [7, 11) is 0. The van der Waals surface area contributed by atoms with Crippen LogP contribution in [0.4, 0.5) is 11.5 Å². The number of para-hydroxylation sites is 1. The van der Waals surface area contributed by atoms with Crippen molar-refractivity contribution in [2.24, 2.45) is 0 Å². The van der Waals surface area contributed by atoms with Gasteiger partial charge in [-0.3, -0.25) is 0 Å². The molecular formula is C25H24Cl2N4O. The molecule has 1 saturated heterocycles. The van der Waals surface area contributed by atoms with E-state index in [1.165, 1.54) is 5.69 Å². The second-order valence-corrected chi connectivity index (χ2v) is 8.10. The monoisotopic (exact) mass is 466 g/mol. The second-order valence-electron chi connectivity index (χ2n) is 7.67. The van der Waals surface area contributed by atoms with Gasteiger partial charge in [0.05, 0.1) is 12.1 Å². The Morgan fingerprint density at radius 2 is 1.84 bits per heavy atom. The van der Waals surface area contributed by atoms with Gasteiger partial charge >= 0.3 is 0 Å². The summed E-state index contributed by atoms with van der Waals surface area (Å²) >= 11 is 6.00. The summed E-state index contributed by atoms with van der Waals surface area (Å²) in [5, 5.41) is 5.36. The smallest absolute Gasteiger partial charge is 0.213 e. The fourth-order valence-corrected chi connectivity index (χ4v) is 4.06. The van der Waals surface area contributed by atoms with E-state index < -0.39 is 0 Å². The highest BCUT2D eigenvalue weighted by Crippen LogP contribution is 2.32. The van der Waals surface area contributed by atoms with Gasteiger partial charge in [-0.25, -0.2) is 9.97 Å². The van der Waals surface area contributed by atoms with Crippen LogP contribution in [0.5, 0.6) is 5.88 Å². The zero-order valence-electron chi connectivity index (χ0n) is 17.4. The first-order valence-electron chi connectivity index (χ1n) is 10.5. The van der Waals surface area contributed by atoms with Gasteiger partial charge in [-0.05, 0) is 29.8 Å². The number of pyridine rings is 2. The Kier molecular flexibility index (Phi) is 6.98.